The van der Waals surface area contributed by atoms with Gasteiger partial charge in [-0.2, -0.15) is 0 Å². The van der Waals surface area contributed by atoms with Crippen molar-refractivity contribution in [1.82, 2.24) is 0 Å². The van der Waals surface area contributed by atoms with Gasteiger partial charge >= 0.3 is 7.12 Å². The van der Waals surface area contributed by atoms with E-state index < -0.39 is 29.9 Å². The highest BCUT2D eigenvalue weighted by molar-refractivity contribution is 6.55. The molecule has 1 fully saturated rings. The molecular formula is C15H20BFO4. The smallest absolute Gasteiger partial charge is 0.492 e. The summed E-state index contributed by atoms with van der Waals surface area (Å²) in [7, 11) is -0.674. The number of halogens is 1. The van der Waals surface area contributed by atoms with Crippen molar-refractivity contribution in [2.75, 3.05) is 6.61 Å². The minimum absolute atomic E-state index is 0.255. The molecular weight excluding hydrogens is 274 g/mol. The van der Waals surface area contributed by atoms with Gasteiger partial charge in [0.2, 0.25) is 0 Å². The predicted octanol–water partition coefficient (Wildman–Crippen LogP) is 2.54. The van der Waals surface area contributed by atoms with Crippen molar-refractivity contribution < 1.29 is 23.9 Å². The molecule has 1 aliphatic rings. The van der Waals surface area contributed by atoms with Gasteiger partial charge in [0.05, 0.1) is 17.8 Å². The molecule has 0 spiro atoms. The number of hydrogen-bond acceptors (Lipinski definition) is 4. The molecule has 2 rings (SSSR count). The number of benzene rings is 1. The topological polar surface area (TPSA) is 58.9 Å². The van der Waals surface area contributed by atoms with Crippen molar-refractivity contribution >= 4 is 13.2 Å². The van der Waals surface area contributed by atoms with E-state index in [4.69, 9.17) is 9.31 Å². The van der Waals surface area contributed by atoms with Gasteiger partial charge in [-0.3, -0.25) is 0 Å². The third kappa shape index (κ3) is 3.12. The zero-order valence-electron chi connectivity index (χ0n) is 12.7. The molecule has 0 unspecified atom stereocenters. The molecule has 0 bridgehead atoms. The average molecular weight is 294 g/mol. The maximum atomic E-state index is 13.1. The van der Waals surface area contributed by atoms with Crippen LogP contribution in [0, 0.1) is 5.82 Å². The van der Waals surface area contributed by atoms with E-state index in [9.17, 15) is 14.6 Å². The van der Waals surface area contributed by atoms with Gasteiger partial charge < -0.3 is 19.5 Å². The first-order valence-corrected chi connectivity index (χ1v) is 6.82. The Hall–Kier alpha value is -1.37. The Morgan fingerprint density at radius 3 is 2.29 bits per heavy atom. The van der Waals surface area contributed by atoms with Crippen LogP contribution in [-0.2, 0) is 9.31 Å². The molecule has 0 aromatic heterocycles. The van der Waals surface area contributed by atoms with Crippen molar-refractivity contribution in [3.8, 4) is 5.75 Å². The van der Waals surface area contributed by atoms with E-state index in [0.717, 1.165) is 0 Å². The van der Waals surface area contributed by atoms with Crippen molar-refractivity contribution in [2.24, 2.45) is 0 Å². The fourth-order valence-corrected chi connectivity index (χ4v) is 2.02. The fraction of sp³-hybridized carbons (Fsp3) is 0.467. The van der Waals surface area contributed by atoms with Gasteiger partial charge in [-0.1, -0.05) is 12.1 Å². The summed E-state index contributed by atoms with van der Waals surface area (Å²) in [4.78, 5) is 0. The van der Waals surface area contributed by atoms with Crippen LogP contribution in [0.3, 0.4) is 0 Å². The summed E-state index contributed by atoms with van der Waals surface area (Å²) in [5, 5.41) is 18.9. The van der Waals surface area contributed by atoms with Crippen molar-refractivity contribution in [3.05, 3.63) is 35.1 Å². The molecule has 2 N–H and O–H groups in total. The lowest BCUT2D eigenvalue weighted by Gasteiger charge is -2.32. The first kappa shape index (κ1) is 16.0. The van der Waals surface area contributed by atoms with Gasteiger partial charge in [0.15, 0.2) is 11.6 Å². The third-order valence-electron chi connectivity index (χ3n) is 4.06. The summed E-state index contributed by atoms with van der Waals surface area (Å²) < 4.78 is 24.8. The van der Waals surface area contributed by atoms with Gasteiger partial charge in [0.1, 0.15) is 0 Å². The summed E-state index contributed by atoms with van der Waals surface area (Å²) in [5.41, 5.74) is 0.0700. The highest BCUT2D eigenvalue weighted by atomic mass is 19.1. The minimum Gasteiger partial charge on any atom is -0.505 e. The Kier molecular flexibility index (Phi) is 4.15. The highest BCUT2D eigenvalue weighted by Crippen LogP contribution is 2.38. The van der Waals surface area contributed by atoms with Gasteiger partial charge in [-0.15, -0.1) is 0 Å². The van der Waals surface area contributed by atoms with Crippen LogP contribution >= 0.6 is 0 Å². The van der Waals surface area contributed by atoms with E-state index in [2.05, 4.69) is 0 Å². The third-order valence-corrected chi connectivity index (χ3v) is 4.06. The second-order valence-corrected chi connectivity index (χ2v) is 6.18. The molecule has 21 heavy (non-hydrogen) atoms. The summed E-state index contributed by atoms with van der Waals surface area (Å²) >= 11 is 0. The molecule has 1 heterocycles. The van der Waals surface area contributed by atoms with Crippen LogP contribution in [0.25, 0.3) is 6.08 Å². The zero-order chi connectivity index (χ0) is 15.8. The molecule has 1 saturated heterocycles. The summed E-state index contributed by atoms with van der Waals surface area (Å²) in [6, 6.07) is 3.96. The minimum atomic E-state index is -0.687. The Bertz CT molecular complexity index is 553. The molecule has 0 atom stereocenters. The van der Waals surface area contributed by atoms with Crippen LogP contribution in [0.4, 0.5) is 4.39 Å². The van der Waals surface area contributed by atoms with E-state index in [1.165, 1.54) is 18.2 Å². The number of phenols is 1. The monoisotopic (exact) mass is 294 g/mol. The maximum Gasteiger partial charge on any atom is 0.492 e. The first-order chi connectivity index (χ1) is 9.66. The fourth-order valence-electron chi connectivity index (χ4n) is 2.02. The molecule has 1 aromatic rings. The molecule has 0 radical (unpaired) electrons. The summed E-state index contributed by atoms with van der Waals surface area (Å²) in [6.07, 6.45) is 1.63. The molecule has 0 amide bonds. The van der Waals surface area contributed by atoms with Crippen LogP contribution in [0.1, 0.15) is 33.3 Å². The number of aliphatic hydroxyl groups excluding tert-OH is 1. The van der Waals surface area contributed by atoms with Crippen LogP contribution in [-0.4, -0.2) is 35.1 Å². The molecule has 1 aliphatic heterocycles. The quantitative estimate of drug-likeness (QED) is 0.841. The zero-order valence-corrected chi connectivity index (χ0v) is 12.7. The normalized spacial score (nSPS) is 20.9. The van der Waals surface area contributed by atoms with Gasteiger partial charge in [-0.25, -0.2) is 4.39 Å². The van der Waals surface area contributed by atoms with Crippen molar-refractivity contribution in [3.63, 3.8) is 0 Å². The molecule has 0 saturated carbocycles. The number of aliphatic hydroxyl groups is 1. The second kappa shape index (κ2) is 5.44. The number of rotatable bonds is 3. The SMILES string of the molecule is CC1(C)OB(C(=Cc2ccc(F)c(O)c2)CO)OC1(C)C. The van der Waals surface area contributed by atoms with Crippen LogP contribution in [0.5, 0.6) is 5.75 Å². The number of phenolic OH excluding ortho intramolecular Hbond substituents is 1. The van der Waals surface area contributed by atoms with Gasteiger partial charge in [0, 0.05) is 0 Å². The molecule has 4 nitrogen and oxygen atoms in total. The van der Waals surface area contributed by atoms with Crippen LogP contribution < -0.4 is 0 Å². The number of aromatic hydroxyl groups is 1. The standard InChI is InChI=1S/C15H20BFO4/c1-14(2)15(3,4)21-16(20-14)11(9-18)7-10-5-6-12(17)13(19)8-10/h5-8,18-19H,9H2,1-4H3. The lowest BCUT2D eigenvalue weighted by Crippen LogP contribution is -2.41. The summed E-state index contributed by atoms with van der Waals surface area (Å²) in [5.74, 6) is -1.12. The van der Waals surface area contributed by atoms with E-state index in [0.29, 0.717) is 11.0 Å². The van der Waals surface area contributed by atoms with Crippen molar-refractivity contribution in [2.45, 2.75) is 38.9 Å². The van der Waals surface area contributed by atoms with E-state index in [1.807, 2.05) is 27.7 Å². The largest absolute Gasteiger partial charge is 0.505 e. The van der Waals surface area contributed by atoms with E-state index in [-0.39, 0.29) is 6.61 Å². The van der Waals surface area contributed by atoms with E-state index in [1.54, 1.807) is 6.08 Å². The second-order valence-electron chi connectivity index (χ2n) is 6.18. The summed E-state index contributed by atoms with van der Waals surface area (Å²) in [6.45, 7) is 7.43. The van der Waals surface area contributed by atoms with Crippen molar-refractivity contribution in [1.29, 1.82) is 0 Å². The Morgan fingerprint density at radius 2 is 1.81 bits per heavy atom. The average Bonchev–Trinajstić information content (AvgIpc) is 2.59. The highest BCUT2D eigenvalue weighted by Gasteiger charge is 2.52. The van der Waals surface area contributed by atoms with Gasteiger partial charge in [-0.05, 0) is 50.9 Å². The van der Waals surface area contributed by atoms with Gasteiger partial charge in [0.25, 0.3) is 0 Å². The Labute approximate surface area is 124 Å². The van der Waals surface area contributed by atoms with Crippen LogP contribution in [0.2, 0.25) is 0 Å². The number of hydrogen-bond donors (Lipinski definition) is 2. The lowest BCUT2D eigenvalue weighted by atomic mass is 9.77. The Morgan fingerprint density at radius 1 is 1.24 bits per heavy atom. The molecule has 6 heteroatoms. The maximum absolute atomic E-state index is 13.1. The van der Waals surface area contributed by atoms with Crippen LogP contribution in [0.15, 0.2) is 23.7 Å². The molecule has 1 aromatic carbocycles. The predicted molar refractivity (Wildman–Crippen MR) is 79.2 cm³/mol. The van der Waals surface area contributed by atoms with E-state index >= 15 is 0 Å². The molecule has 0 aliphatic carbocycles. The lowest BCUT2D eigenvalue weighted by molar-refractivity contribution is 0.00578. The Balaban J connectivity index is 2.28. The molecule has 114 valence electrons. The first-order valence-electron chi connectivity index (χ1n) is 6.82.